The molecule has 0 aromatic rings. The fourth-order valence-electron chi connectivity index (χ4n) is 14.3. The molecule has 8 rings (SSSR count). The molecule has 8 aliphatic heterocycles. The minimum Gasteiger partial charge on any atom is -0.394 e. The Morgan fingerprint density at radius 2 is 0.558 bits per heavy atom. The van der Waals surface area contributed by atoms with Crippen molar-refractivity contribution < 1.29 is 76.5 Å². The average molecular weight is 1100 g/mol. The lowest BCUT2D eigenvalue weighted by atomic mass is 9.80. The van der Waals surface area contributed by atoms with Gasteiger partial charge >= 0.3 is 0 Å². The van der Waals surface area contributed by atoms with Crippen molar-refractivity contribution in [2.45, 2.75) is 293 Å². The number of aliphatic hydroxyl groups is 2. The van der Waals surface area contributed by atoms with E-state index < -0.39 is 43.7 Å². The molecule has 0 radical (unpaired) electrons. The first kappa shape index (κ1) is 62.4. The van der Waals surface area contributed by atoms with E-state index in [9.17, 15) is 10.2 Å². The summed E-state index contributed by atoms with van der Waals surface area (Å²) >= 11 is 0. The van der Waals surface area contributed by atoms with Gasteiger partial charge in [-0.2, -0.15) is 0 Å². The molecule has 77 heavy (non-hydrogen) atoms. The maximum absolute atomic E-state index is 10.7. The van der Waals surface area contributed by atoms with Crippen LogP contribution in [0.4, 0.5) is 0 Å². The molecule has 448 valence electrons. The molecule has 16 nitrogen and oxygen atoms in total. The Hall–Kier alpha value is -0.640. The van der Waals surface area contributed by atoms with E-state index in [1.165, 1.54) is 0 Å². The van der Waals surface area contributed by atoms with Crippen LogP contribution in [-0.2, 0) is 66.3 Å². The summed E-state index contributed by atoms with van der Waals surface area (Å²) in [5.74, 6) is 1.22. The molecule has 0 aliphatic carbocycles. The highest BCUT2D eigenvalue weighted by atomic mass is 16.8. The van der Waals surface area contributed by atoms with Gasteiger partial charge < -0.3 is 76.5 Å². The SMILES string of the molecule is CCC1O[C@@H](O[C@H]2C(CC)O[C@@H](O[C@H]3C(C)C(C)[C@@H]4OC[C@@H]3O4)[C@H](C)C2C)[C@H](C)C(C)[C@H]1O[C@H]1O[C@H](CC)[C@@H](O[C@H]2O[C@H](CC)[C@@H](O[C@@H]3OC(CC)[C@H](O[C@@H]4OC(CO)[C@H](O)[C@H](C)C4C)C(C)[C@H]3C)C(C)C2C)C(C)C1C. The third-order valence-electron chi connectivity index (χ3n) is 21.6. The summed E-state index contributed by atoms with van der Waals surface area (Å²) in [5, 5.41) is 20.7. The highest BCUT2D eigenvalue weighted by Crippen LogP contribution is 2.47. The van der Waals surface area contributed by atoms with Crippen molar-refractivity contribution in [2.75, 3.05) is 13.2 Å². The van der Waals surface area contributed by atoms with E-state index in [0.717, 1.165) is 32.1 Å². The van der Waals surface area contributed by atoms with Gasteiger partial charge in [0.25, 0.3) is 0 Å². The van der Waals surface area contributed by atoms with E-state index in [-0.39, 0.29) is 169 Å². The third kappa shape index (κ3) is 12.5. The Labute approximate surface area is 464 Å². The molecule has 14 unspecified atom stereocenters. The van der Waals surface area contributed by atoms with Gasteiger partial charge in [0.15, 0.2) is 44.0 Å². The number of fused-ring (bicyclic) bond motifs is 2. The van der Waals surface area contributed by atoms with Gasteiger partial charge in [-0.1, -0.05) is 132 Å². The Balaban J connectivity index is 0.859. The largest absolute Gasteiger partial charge is 0.394 e. The van der Waals surface area contributed by atoms with Gasteiger partial charge in [-0.15, -0.1) is 0 Å². The lowest BCUT2D eigenvalue weighted by molar-refractivity contribution is -0.369. The van der Waals surface area contributed by atoms with Crippen LogP contribution in [0.25, 0.3) is 0 Å². The predicted molar refractivity (Wildman–Crippen MR) is 289 cm³/mol. The number of rotatable bonds is 18. The molecule has 8 fully saturated rings. The summed E-state index contributed by atoms with van der Waals surface area (Å²) in [7, 11) is 0. The number of aliphatic hydroxyl groups excluding tert-OH is 2. The van der Waals surface area contributed by atoms with Crippen LogP contribution in [0.3, 0.4) is 0 Å². The zero-order valence-electron chi connectivity index (χ0n) is 50.8. The number of hydrogen-bond donors (Lipinski definition) is 2. The monoisotopic (exact) mass is 1100 g/mol. The van der Waals surface area contributed by atoms with E-state index in [0.29, 0.717) is 12.5 Å². The second kappa shape index (κ2) is 26.5. The van der Waals surface area contributed by atoms with Gasteiger partial charge in [-0.25, -0.2) is 0 Å². The van der Waals surface area contributed by atoms with Crippen LogP contribution in [0.2, 0.25) is 0 Å². The zero-order chi connectivity index (χ0) is 56.1. The second-order valence-electron chi connectivity index (χ2n) is 26.0. The van der Waals surface area contributed by atoms with E-state index >= 15 is 0 Å². The van der Waals surface area contributed by atoms with Crippen molar-refractivity contribution in [3.63, 3.8) is 0 Å². The molecule has 0 saturated carbocycles. The zero-order valence-corrected chi connectivity index (χ0v) is 50.8. The molecule has 8 saturated heterocycles. The Kier molecular flexibility index (Phi) is 21.5. The molecule has 8 aliphatic rings. The van der Waals surface area contributed by atoms with Gasteiger partial charge in [0.05, 0.1) is 86.5 Å². The lowest BCUT2D eigenvalue weighted by Gasteiger charge is -2.52. The molecule has 0 aromatic carbocycles. The quantitative estimate of drug-likeness (QED) is 0.133. The van der Waals surface area contributed by atoms with Crippen LogP contribution < -0.4 is 0 Å². The Morgan fingerprint density at radius 3 is 0.831 bits per heavy atom. The van der Waals surface area contributed by atoms with Crippen LogP contribution in [0.5, 0.6) is 0 Å². The van der Waals surface area contributed by atoms with Crippen molar-refractivity contribution in [1.82, 2.24) is 0 Å². The van der Waals surface area contributed by atoms with Crippen molar-refractivity contribution >= 4 is 0 Å². The smallest absolute Gasteiger partial charge is 0.161 e. The summed E-state index contributed by atoms with van der Waals surface area (Å²) < 4.78 is 94.9. The van der Waals surface area contributed by atoms with E-state index in [1.807, 2.05) is 13.8 Å². The van der Waals surface area contributed by atoms with E-state index in [1.54, 1.807) is 0 Å². The maximum Gasteiger partial charge on any atom is 0.161 e. The van der Waals surface area contributed by atoms with Crippen molar-refractivity contribution in [1.29, 1.82) is 0 Å². The highest BCUT2D eigenvalue weighted by Gasteiger charge is 2.55. The molecule has 2 N–H and O–H groups in total. The minimum atomic E-state index is -0.749. The molecule has 0 amide bonds. The van der Waals surface area contributed by atoms with Gasteiger partial charge in [-0.3, -0.25) is 0 Å². The first-order valence-electron chi connectivity index (χ1n) is 31.0. The molecule has 16 heteroatoms. The van der Waals surface area contributed by atoms with Crippen LogP contribution in [0, 0.1) is 82.9 Å². The van der Waals surface area contributed by atoms with Crippen LogP contribution in [-0.4, -0.2) is 153 Å². The molecule has 35 atom stereocenters. The summed E-state index contributed by atoms with van der Waals surface area (Å²) in [6.45, 7) is 41.9. The van der Waals surface area contributed by atoms with Crippen molar-refractivity contribution in [2.24, 2.45) is 82.9 Å². The Bertz CT molecular complexity index is 1800. The number of hydrogen-bond acceptors (Lipinski definition) is 16. The summed E-state index contributed by atoms with van der Waals surface area (Å²) in [6.07, 6.45) is -2.55. The summed E-state index contributed by atoms with van der Waals surface area (Å²) in [4.78, 5) is 0. The van der Waals surface area contributed by atoms with Crippen LogP contribution in [0.1, 0.15) is 164 Å². The number of ether oxygens (including phenoxy) is 14. The van der Waals surface area contributed by atoms with Gasteiger partial charge in [0.1, 0.15) is 12.2 Å². The minimum absolute atomic E-state index is 0.0122. The summed E-state index contributed by atoms with van der Waals surface area (Å²) in [6, 6.07) is 0. The topological polar surface area (TPSA) is 170 Å². The molecule has 8 heterocycles. The van der Waals surface area contributed by atoms with Crippen molar-refractivity contribution in [3.05, 3.63) is 0 Å². The van der Waals surface area contributed by atoms with Gasteiger partial charge in [0, 0.05) is 41.4 Å². The van der Waals surface area contributed by atoms with Crippen LogP contribution >= 0.6 is 0 Å². The van der Waals surface area contributed by atoms with E-state index in [4.69, 9.17) is 66.3 Å². The standard InChI is InChI=1S/C61H108O16/c1-20-41-49(72-56-34(13)27(6)48(63)46(25-62)70-56)29(8)36(15)57(65-41)73-50-30(9)37(16)58(66-42(50)21-2)74-51-31(10)38(17)59(67-43(51)22-3)75-52-32(11)39(18)60(68-44(52)23-4)76-53-33(12)40(19)61(69-45(53)24-5)77-54-28(7)35(14)55-64-26-47(54)71-55/h27-63H,20-26H2,1-19H3/t27-,28?,29?,30?,31?,32?,33?,34?,35?,36-,37?,38?,39-,40-,41?,42-,43-,44?,45?,46?,47+,48-,49-,50+,51+,52-,53-,54+,55-,56+,57+,58-,59-,60+,61+/m1/s1. The fourth-order valence-corrected chi connectivity index (χ4v) is 14.3. The molecular formula is C61H108O16. The molecular weight excluding hydrogens is 989 g/mol. The lowest BCUT2D eigenvalue weighted by Crippen LogP contribution is -2.60. The normalized spacial score (nSPS) is 54.6. The molecule has 2 bridgehead atoms. The second-order valence-corrected chi connectivity index (χ2v) is 26.0. The van der Waals surface area contributed by atoms with Gasteiger partial charge in [0.2, 0.25) is 0 Å². The highest BCUT2D eigenvalue weighted by molar-refractivity contribution is 4.97. The molecule has 0 spiro atoms. The van der Waals surface area contributed by atoms with Gasteiger partial charge in [-0.05, 0) is 73.5 Å². The Morgan fingerprint density at radius 1 is 0.312 bits per heavy atom. The van der Waals surface area contributed by atoms with Crippen molar-refractivity contribution in [3.8, 4) is 0 Å². The first-order valence-corrected chi connectivity index (χ1v) is 31.0. The average Bonchev–Trinajstić information content (AvgIpc) is 3.94. The molecule has 0 aromatic heterocycles. The van der Waals surface area contributed by atoms with E-state index in [2.05, 4.69) is 118 Å². The predicted octanol–water partition coefficient (Wildman–Crippen LogP) is 9.71. The maximum atomic E-state index is 10.7. The summed E-state index contributed by atoms with van der Waals surface area (Å²) in [5.41, 5.74) is 0. The fraction of sp³-hybridized carbons (Fsp3) is 1.00. The third-order valence-corrected chi connectivity index (χ3v) is 21.6. The van der Waals surface area contributed by atoms with Crippen LogP contribution in [0.15, 0.2) is 0 Å². The first-order chi connectivity index (χ1) is 36.6.